The highest BCUT2D eigenvalue weighted by Crippen LogP contribution is 2.37. The molecule has 5 heteroatoms. The SMILES string of the molecule is Cc1ccc(-c2cccc3c2O[C@@H](CNC(=O)c2ccc(F)cc2)C3)nc1. The van der Waals surface area contributed by atoms with E-state index in [1.807, 2.05) is 43.5 Å². The predicted molar refractivity (Wildman–Crippen MR) is 101 cm³/mol. The second-order valence-corrected chi connectivity index (χ2v) is 6.68. The van der Waals surface area contributed by atoms with Gasteiger partial charge in [-0.1, -0.05) is 18.2 Å². The number of carbonyl (C=O) groups is 1. The van der Waals surface area contributed by atoms with Gasteiger partial charge in [0.2, 0.25) is 0 Å². The number of nitrogens with zero attached hydrogens (tertiary/aromatic N) is 1. The molecule has 1 aliphatic heterocycles. The van der Waals surface area contributed by atoms with Crippen molar-refractivity contribution < 1.29 is 13.9 Å². The molecule has 2 aromatic carbocycles. The van der Waals surface area contributed by atoms with E-state index in [4.69, 9.17) is 4.74 Å². The van der Waals surface area contributed by atoms with Gasteiger partial charge in [0.05, 0.1) is 12.2 Å². The summed E-state index contributed by atoms with van der Waals surface area (Å²) in [6.45, 7) is 2.38. The van der Waals surface area contributed by atoms with Gasteiger partial charge in [-0.25, -0.2) is 4.39 Å². The Morgan fingerprint density at radius 1 is 1.19 bits per heavy atom. The van der Waals surface area contributed by atoms with Crippen molar-refractivity contribution in [2.45, 2.75) is 19.4 Å². The number of pyridine rings is 1. The first-order valence-electron chi connectivity index (χ1n) is 8.85. The summed E-state index contributed by atoms with van der Waals surface area (Å²) in [6, 6.07) is 15.5. The van der Waals surface area contributed by atoms with Gasteiger partial charge in [0.15, 0.2) is 0 Å². The van der Waals surface area contributed by atoms with Gasteiger partial charge in [0.1, 0.15) is 17.7 Å². The number of amides is 1. The summed E-state index contributed by atoms with van der Waals surface area (Å²) >= 11 is 0. The van der Waals surface area contributed by atoms with Crippen LogP contribution in [-0.2, 0) is 6.42 Å². The average molecular weight is 362 g/mol. The van der Waals surface area contributed by atoms with Crippen LogP contribution in [0.15, 0.2) is 60.8 Å². The number of aromatic nitrogens is 1. The number of hydrogen-bond acceptors (Lipinski definition) is 3. The molecule has 27 heavy (non-hydrogen) atoms. The lowest BCUT2D eigenvalue weighted by Gasteiger charge is -2.13. The van der Waals surface area contributed by atoms with Crippen LogP contribution in [-0.4, -0.2) is 23.5 Å². The first-order chi connectivity index (χ1) is 13.1. The van der Waals surface area contributed by atoms with E-state index >= 15 is 0 Å². The Kier molecular flexibility index (Phi) is 4.59. The van der Waals surface area contributed by atoms with E-state index < -0.39 is 0 Å². The molecule has 1 aliphatic rings. The standard InChI is InChI=1S/C22H19FN2O2/c1-14-5-10-20(24-12-14)19-4-2-3-16-11-18(27-21(16)19)13-25-22(26)15-6-8-17(23)9-7-15/h2-10,12,18H,11,13H2,1H3,(H,25,26)/t18-/m1/s1. The largest absolute Gasteiger partial charge is 0.487 e. The number of halogens is 1. The van der Waals surface area contributed by atoms with Crippen LogP contribution in [0.3, 0.4) is 0 Å². The Bertz CT molecular complexity index is 969. The molecule has 4 rings (SSSR count). The number of fused-ring (bicyclic) bond motifs is 1. The van der Waals surface area contributed by atoms with E-state index in [2.05, 4.69) is 10.3 Å². The van der Waals surface area contributed by atoms with Crippen LogP contribution < -0.4 is 10.1 Å². The molecule has 1 N–H and O–H groups in total. The van der Waals surface area contributed by atoms with E-state index in [0.717, 1.165) is 34.6 Å². The maximum atomic E-state index is 13.0. The average Bonchev–Trinajstić information content (AvgIpc) is 3.10. The zero-order valence-electron chi connectivity index (χ0n) is 14.9. The number of hydrogen-bond donors (Lipinski definition) is 1. The molecule has 0 spiro atoms. The highest BCUT2D eigenvalue weighted by molar-refractivity contribution is 5.94. The highest BCUT2D eigenvalue weighted by Gasteiger charge is 2.26. The second-order valence-electron chi connectivity index (χ2n) is 6.68. The molecule has 0 saturated heterocycles. The number of rotatable bonds is 4. The smallest absolute Gasteiger partial charge is 0.251 e. The molecular weight excluding hydrogens is 343 g/mol. The maximum absolute atomic E-state index is 13.0. The van der Waals surface area contributed by atoms with Gasteiger partial charge < -0.3 is 10.1 Å². The maximum Gasteiger partial charge on any atom is 0.251 e. The van der Waals surface area contributed by atoms with E-state index in [9.17, 15) is 9.18 Å². The molecule has 1 aromatic heterocycles. The van der Waals surface area contributed by atoms with Crippen LogP contribution in [0.25, 0.3) is 11.3 Å². The van der Waals surface area contributed by atoms with Gasteiger partial charge in [-0.15, -0.1) is 0 Å². The topological polar surface area (TPSA) is 51.2 Å². The number of benzene rings is 2. The zero-order valence-corrected chi connectivity index (χ0v) is 14.9. The third kappa shape index (κ3) is 3.67. The first kappa shape index (κ1) is 17.2. The molecule has 0 fully saturated rings. The third-order valence-electron chi connectivity index (χ3n) is 4.61. The fraction of sp³-hybridized carbons (Fsp3) is 0.182. The molecular formula is C22H19FN2O2. The van der Waals surface area contributed by atoms with Crippen LogP contribution >= 0.6 is 0 Å². The van der Waals surface area contributed by atoms with Crippen molar-refractivity contribution >= 4 is 5.91 Å². The minimum absolute atomic E-state index is 0.143. The van der Waals surface area contributed by atoms with Crippen molar-refractivity contribution in [2.75, 3.05) is 6.54 Å². The molecule has 0 unspecified atom stereocenters. The molecule has 0 saturated carbocycles. The monoisotopic (exact) mass is 362 g/mol. The van der Waals surface area contributed by atoms with Crippen molar-refractivity contribution in [3.05, 3.63) is 83.3 Å². The summed E-state index contributed by atoms with van der Waals surface area (Å²) in [5.74, 6) is 0.225. The van der Waals surface area contributed by atoms with E-state index in [1.54, 1.807) is 0 Å². The van der Waals surface area contributed by atoms with Crippen molar-refractivity contribution in [2.24, 2.45) is 0 Å². The quantitative estimate of drug-likeness (QED) is 0.765. The minimum Gasteiger partial charge on any atom is -0.487 e. The van der Waals surface area contributed by atoms with Gasteiger partial charge in [-0.3, -0.25) is 9.78 Å². The van der Waals surface area contributed by atoms with Gasteiger partial charge in [-0.05, 0) is 54.4 Å². The van der Waals surface area contributed by atoms with Gasteiger partial charge >= 0.3 is 0 Å². The predicted octanol–water partition coefficient (Wildman–Crippen LogP) is 3.93. The molecule has 0 bridgehead atoms. The lowest BCUT2D eigenvalue weighted by molar-refractivity contribution is 0.0933. The Morgan fingerprint density at radius 3 is 2.74 bits per heavy atom. The molecule has 1 atom stereocenters. The third-order valence-corrected chi connectivity index (χ3v) is 4.61. The summed E-state index contributed by atoms with van der Waals surface area (Å²) < 4.78 is 19.1. The van der Waals surface area contributed by atoms with Gasteiger partial charge in [0.25, 0.3) is 5.91 Å². The Balaban J connectivity index is 1.45. The molecule has 0 radical (unpaired) electrons. The normalized spacial score (nSPS) is 15.1. The molecule has 0 aliphatic carbocycles. The summed E-state index contributed by atoms with van der Waals surface area (Å²) in [5, 5.41) is 2.86. The second kappa shape index (κ2) is 7.19. The summed E-state index contributed by atoms with van der Waals surface area (Å²) in [4.78, 5) is 16.7. The molecule has 1 amide bonds. The Morgan fingerprint density at radius 2 is 2.00 bits per heavy atom. The molecule has 136 valence electrons. The number of carbonyl (C=O) groups excluding carboxylic acids is 1. The van der Waals surface area contributed by atoms with Crippen LogP contribution in [0, 0.1) is 12.7 Å². The van der Waals surface area contributed by atoms with Crippen molar-refractivity contribution in [3.63, 3.8) is 0 Å². The van der Waals surface area contributed by atoms with Crippen LogP contribution in [0.4, 0.5) is 4.39 Å². The van der Waals surface area contributed by atoms with Crippen LogP contribution in [0.2, 0.25) is 0 Å². The van der Waals surface area contributed by atoms with Gasteiger partial charge in [-0.2, -0.15) is 0 Å². The van der Waals surface area contributed by atoms with Crippen LogP contribution in [0.5, 0.6) is 5.75 Å². The zero-order chi connectivity index (χ0) is 18.8. The Labute approximate surface area is 157 Å². The van der Waals surface area contributed by atoms with Crippen LogP contribution in [0.1, 0.15) is 21.5 Å². The van der Waals surface area contributed by atoms with Crippen molar-refractivity contribution in [1.82, 2.24) is 10.3 Å². The first-order valence-corrected chi connectivity index (χ1v) is 8.85. The lowest BCUT2D eigenvalue weighted by atomic mass is 10.0. The summed E-state index contributed by atoms with van der Waals surface area (Å²) in [6.07, 6.45) is 2.42. The molecule has 4 nitrogen and oxygen atoms in total. The number of ether oxygens (including phenoxy) is 1. The van der Waals surface area contributed by atoms with Crippen molar-refractivity contribution in [3.8, 4) is 17.0 Å². The molecule has 2 heterocycles. The number of nitrogens with one attached hydrogen (secondary N) is 1. The fourth-order valence-corrected chi connectivity index (χ4v) is 3.19. The Hall–Kier alpha value is -3.21. The van der Waals surface area contributed by atoms with Gasteiger partial charge in [0, 0.05) is 23.7 Å². The summed E-state index contributed by atoms with van der Waals surface area (Å²) in [5.41, 5.74) is 4.47. The van der Waals surface area contributed by atoms with E-state index in [0.29, 0.717) is 12.1 Å². The minimum atomic E-state index is -0.363. The number of aryl methyl sites for hydroxylation is 1. The van der Waals surface area contributed by atoms with Crippen molar-refractivity contribution in [1.29, 1.82) is 0 Å². The number of para-hydroxylation sites is 1. The fourth-order valence-electron chi connectivity index (χ4n) is 3.19. The summed E-state index contributed by atoms with van der Waals surface area (Å²) in [7, 11) is 0. The van der Waals surface area contributed by atoms with E-state index in [1.165, 1.54) is 24.3 Å². The highest BCUT2D eigenvalue weighted by atomic mass is 19.1. The molecule has 3 aromatic rings. The lowest BCUT2D eigenvalue weighted by Crippen LogP contribution is -2.34. The van der Waals surface area contributed by atoms with E-state index in [-0.39, 0.29) is 17.8 Å².